The quantitative estimate of drug-likeness (QED) is 0.506. The Kier molecular flexibility index (Phi) is 5.27. The number of hydrazine groups is 1. The lowest BCUT2D eigenvalue weighted by atomic mass is 10.3. The largest absolute Gasteiger partial charge is 0.324 e. The van der Waals surface area contributed by atoms with Gasteiger partial charge in [-0.1, -0.05) is 0 Å². The number of rotatable bonds is 6. The number of hydrogen-bond donors (Lipinski definition) is 3. The Labute approximate surface area is 109 Å². The van der Waals surface area contributed by atoms with E-state index in [-0.39, 0.29) is 16.7 Å². The van der Waals surface area contributed by atoms with Crippen molar-refractivity contribution in [2.75, 3.05) is 18.2 Å². The number of nitrogen functional groups attached to an aromatic ring is 1. The van der Waals surface area contributed by atoms with Crippen molar-refractivity contribution < 1.29 is 12.6 Å². The monoisotopic (exact) mass is 291 g/mol. The van der Waals surface area contributed by atoms with Crippen molar-refractivity contribution in [3.05, 3.63) is 24.3 Å². The number of hydrogen-bond acceptors (Lipinski definition) is 5. The Morgan fingerprint density at radius 2 is 1.89 bits per heavy atom. The van der Waals surface area contributed by atoms with Crippen molar-refractivity contribution in [1.29, 1.82) is 0 Å². The maximum absolute atomic E-state index is 11.9. The molecule has 102 valence electrons. The van der Waals surface area contributed by atoms with Crippen molar-refractivity contribution in [1.82, 2.24) is 4.72 Å². The molecule has 2 unspecified atom stereocenters. The molecule has 4 N–H and O–H groups in total. The molecule has 8 heteroatoms. The van der Waals surface area contributed by atoms with E-state index in [1.54, 1.807) is 25.3 Å². The summed E-state index contributed by atoms with van der Waals surface area (Å²) in [6.45, 7) is 1.86. The summed E-state index contributed by atoms with van der Waals surface area (Å²) in [4.78, 5) is 0.149. The van der Waals surface area contributed by atoms with Crippen molar-refractivity contribution >= 4 is 26.5 Å². The molecule has 0 spiro atoms. The summed E-state index contributed by atoms with van der Waals surface area (Å²) in [5.74, 6) is 5.19. The molecule has 0 aliphatic rings. The maximum Gasteiger partial charge on any atom is 0.240 e. The van der Waals surface area contributed by atoms with Gasteiger partial charge in [0.2, 0.25) is 10.0 Å². The molecular formula is C10H17N3O3S2. The normalized spacial score (nSPS) is 15.1. The first kappa shape index (κ1) is 15.1. The molecule has 1 rings (SSSR count). The first-order chi connectivity index (χ1) is 8.36. The predicted molar refractivity (Wildman–Crippen MR) is 73.0 cm³/mol. The fourth-order valence-electron chi connectivity index (χ4n) is 1.16. The molecule has 1 aromatic carbocycles. The second kappa shape index (κ2) is 6.28. The number of nitrogens with two attached hydrogens (primary N) is 1. The van der Waals surface area contributed by atoms with Crippen molar-refractivity contribution in [3.63, 3.8) is 0 Å². The number of sulfonamides is 1. The molecule has 0 aliphatic heterocycles. The second-order valence-electron chi connectivity index (χ2n) is 3.83. The van der Waals surface area contributed by atoms with E-state index in [1.165, 1.54) is 12.1 Å². The van der Waals surface area contributed by atoms with Crippen LogP contribution in [0.5, 0.6) is 0 Å². The van der Waals surface area contributed by atoms with Crippen LogP contribution in [-0.2, 0) is 20.8 Å². The van der Waals surface area contributed by atoms with Gasteiger partial charge in [0.25, 0.3) is 0 Å². The Balaban J connectivity index is 2.76. The minimum absolute atomic E-state index is 0.141. The van der Waals surface area contributed by atoms with Crippen LogP contribution in [0.15, 0.2) is 29.2 Å². The maximum atomic E-state index is 11.9. The molecule has 0 aromatic heterocycles. The molecule has 0 aliphatic carbocycles. The fourth-order valence-corrected chi connectivity index (χ4v) is 2.71. The summed E-state index contributed by atoms with van der Waals surface area (Å²) in [5.41, 5.74) is 3.04. The number of nitrogens with one attached hydrogen (secondary N) is 2. The van der Waals surface area contributed by atoms with Crippen LogP contribution in [0.4, 0.5) is 5.69 Å². The molecule has 0 fully saturated rings. The third-order valence-corrected chi connectivity index (χ3v) is 5.20. The van der Waals surface area contributed by atoms with E-state index in [4.69, 9.17) is 5.84 Å². The molecule has 0 amide bonds. The molecule has 2 atom stereocenters. The SMILES string of the molecule is CC(CNS(=O)(=O)c1ccc(NN)cc1)S(C)=O. The third kappa shape index (κ3) is 4.05. The highest BCUT2D eigenvalue weighted by atomic mass is 32.2. The van der Waals surface area contributed by atoms with Crippen LogP contribution in [0.3, 0.4) is 0 Å². The van der Waals surface area contributed by atoms with Crippen LogP contribution >= 0.6 is 0 Å². The van der Waals surface area contributed by atoms with Gasteiger partial charge in [0.1, 0.15) is 0 Å². The van der Waals surface area contributed by atoms with E-state index >= 15 is 0 Å². The zero-order valence-electron chi connectivity index (χ0n) is 10.2. The minimum Gasteiger partial charge on any atom is -0.324 e. The van der Waals surface area contributed by atoms with Gasteiger partial charge in [-0.15, -0.1) is 0 Å². The highest BCUT2D eigenvalue weighted by Gasteiger charge is 2.16. The van der Waals surface area contributed by atoms with Gasteiger partial charge in [-0.25, -0.2) is 13.1 Å². The summed E-state index contributed by atoms with van der Waals surface area (Å²) < 4.78 is 37.4. The molecule has 0 saturated heterocycles. The third-order valence-electron chi connectivity index (χ3n) is 2.46. The lowest BCUT2D eigenvalue weighted by Gasteiger charge is -2.11. The zero-order chi connectivity index (χ0) is 13.8. The fraction of sp³-hybridized carbons (Fsp3) is 0.400. The van der Waals surface area contributed by atoms with E-state index < -0.39 is 20.8 Å². The van der Waals surface area contributed by atoms with Crippen molar-refractivity contribution in [2.45, 2.75) is 17.1 Å². The van der Waals surface area contributed by atoms with Crippen LogP contribution in [-0.4, -0.2) is 30.7 Å². The molecule has 6 nitrogen and oxygen atoms in total. The summed E-state index contributed by atoms with van der Waals surface area (Å²) in [6, 6.07) is 6.03. The van der Waals surface area contributed by atoms with E-state index in [0.717, 1.165) is 0 Å². The lowest BCUT2D eigenvalue weighted by molar-refractivity contribution is 0.580. The molecule has 0 heterocycles. The number of anilines is 1. The smallest absolute Gasteiger partial charge is 0.240 e. The zero-order valence-corrected chi connectivity index (χ0v) is 11.8. The van der Waals surface area contributed by atoms with Crippen LogP contribution in [0.25, 0.3) is 0 Å². The predicted octanol–water partition coefficient (Wildman–Crippen LogP) is 0.0175. The van der Waals surface area contributed by atoms with E-state index in [9.17, 15) is 12.6 Å². The van der Waals surface area contributed by atoms with Gasteiger partial charge in [0.15, 0.2) is 0 Å². The average molecular weight is 291 g/mol. The highest BCUT2D eigenvalue weighted by Crippen LogP contribution is 2.12. The van der Waals surface area contributed by atoms with E-state index in [0.29, 0.717) is 5.69 Å². The van der Waals surface area contributed by atoms with Crippen LogP contribution in [0.1, 0.15) is 6.92 Å². The summed E-state index contributed by atoms with van der Waals surface area (Å²) in [5, 5.41) is -0.232. The molecule has 0 saturated carbocycles. The second-order valence-corrected chi connectivity index (χ2v) is 7.40. The Morgan fingerprint density at radius 3 is 2.33 bits per heavy atom. The van der Waals surface area contributed by atoms with Gasteiger partial charge in [-0.3, -0.25) is 10.1 Å². The number of benzene rings is 1. The molecule has 0 bridgehead atoms. The Hall–Kier alpha value is -0.960. The van der Waals surface area contributed by atoms with Crippen LogP contribution in [0, 0.1) is 0 Å². The Morgan fingerprint density at radius 1 is 1.33 bits per heavy atom. The lowest BCUT2D eigenvalue weighted by Crippen LogP contribution is -2.32. The first-order valence-corrected chi connectivity index (χ1v) is 8.36. The molecule has 0 radical (unpaired) electrons. The van der Waals surface area contributed by atoms with Gasteiger partial charge in [-0.05, 0) is 31.2 Å². The first-order valence-electron chi connectivity index (χ1n) is 5.25. The molecule has 18 heavy (non-hydrogen) atoms. The van der Waals surface area contributed by atoms with E-state index in [2.05, 4.69) is 10.1 Å². The summed E-state index contributed by atoms with van der Waals surface area (Å²) in [6.07, 6.45) is 1.54. The van der Waals surface area contributed by atoms with E-state index in [1.807, 2.05) is 0 Å². The molecule has 1 aromatic rings. The van der Waals surface area contributed by atoms with Crippen LogP contribution in [0.2, 0.25) is 0 Å². The van der Waals surface area contributed by atoms with Gasteiger partial charge >= 0.3 is 0 Å². The van der Waals surface area contributed by atoms with Gasteiger partial charge < -0.3 is 5.43 Å². The molecular weight excluding hydrogens is 274 g/mol. The van der Waals surface area contributed by atoms with Gasteiger partial charge in [0.05, 0.1) is 4.90 Å². The average Bonchev–Trinajstić information content (AvgIpc) is 2.36. The minimum atomic E-state index is -3.57. The summed E-state index contributed by atoms with van der Waals surface area (Å²) >= 11 is 0. The van der Waals surface area contributed by atoms with Gasteiger partial charge in [-0.2, -0.15) is 0 Å². The summed E-state index contributed by atoms with van der Waals surface area (Å²) in [7, 11) is -4.63. The highest BCUT2D eigenvalue weighted by molar-refractivity contribution is 7.89. The Bertz CT molecular complexity index is 514. The van der Waals surface area contributed by atoms with Crippen LogP contribution < -0.4 is 16.0 Å². The van der Waals surface area contributed by atoms with Gasteiger partial charge in [0, 0.05) is 34.5 Å². The van der Waals surface area contributed by atoms with Crippen molar-refractivity contribution in [2.24, 2.45) is 5.84 Å². The topological polar surface area (TPSA) is 101 Å². The van der Waals surface area contributed by atoms with Crippen molar-refractivity contribution in [3.8, 4) is 0 Å². The standard InChI is InChI=1S/C10H17N3O3S2/c1-8(17(2)14)7-12-18(15,16)10-5-3-9(13-11)4-6-10/h3-6,8,12-13H,7,11H2,1-2H3.